The molecule has 3 aromatic rings. The van der Waals surface area contributed by atoms with E-state index in [1.165, 1.54) is 24.3 Å². The van der Waals surface area contributed by atoms with Crippen LogP contribution in [0.2, 0.25) is 0 Å². The lowest BCUT2D eigenvalue weighted by Crippen LogP contribution is -2.12. The van der Waals surface area contributed by atoms with E-state index < -0.39 is 27.4 Å². The number of fused-ring (bicyclic) bond motifs is 1. The van der Waals surface area contributed by atoms with Crippen LogP contribution in [0.25, 0.3) is 10.9 Å². The molecule has 0 aliphatic rings. The van der Waals surface area contributed by atoms with E-state index in [1.54, 1.807) is 13.0 Å². The molecular formula is C21H21NO7S. The molecule has 1 aromatic heterocycles. The van der Waals surface area contributed by atoms with Crippen LogP contribution in [-0.4, -0.2) is 48.9 Å². The number of carbonyl (C=O) groups excluding carboxylic acids is 2. The molecule has 3 rings (SSSR count). The van der Waals surface area contributed by atoms with Gasteiger partial charge in [-0.25, -0.2) is 13.2 Å². The summed E-state index contributed by atoms with van der Waals surface area (Å²) in [6.07, 6.45) is 1.23. The van der Waals surface area contributed by atoms with Crippen molar-refractivity contribution in [3.8, 4) is 5.88 Å². The van der Waals surface area contributed by atoms with Crippen LogP contribution < -0.4 is 4.74 Å². The quantitative estimate of drug-likeness (QED) is 0.434. The highest BCUT2D eigenvalue weighted by Crippen LogP contribution is 2.19. The standard InChI is InChI=1S/C11H12O4S.C10H9NO3/c1-3-10(12)11(13)8-4-6-9(7-5-8)16(2,14)15;12-10(13)6-14-9-5-7-3-1-2-4-8(7)11-9/h4-7H,3H2,1-2H3;1-5,11H,6H2,(H,12,13). The van der Waals surface area contributed by atoms with Crippen LogP contribution >= 0.6 is 0 Å². The molecule has 0 radical (unpaired) electrons. The number of carboxylic acids is 1. The van der Waals surface area contributed by atoms with Gasteiger partial charge in [-0.1, -0.05) is 25.1 Å². The minimum Gasteiger partial charge on any atom is -0.479 e. The van der Waals surface area contributed by atoms with Gasteiger partial charge in [-0.05, 0) is 30.3 Å². The van der Waals surface area contributed by atoms with E-state index in [0.717, 1.165) is 17.2 Å². The minimum atomic E-state index is -3.27. The number of aromatic nitrogens is 1. The minimum absolute atomic E-state index is 0.132. The molecule has 9 heteroatoms. The number of H-pyrrole nitrogens is 1. The van der Waals surface area contributed by atoms with E-state index >= 15 is 0 Å². The van der Waals surface area contributed by atoms with Crippen molar-refractivity contribution < 1.29 is 32.6 Å². The van der Waals surface area contributed by atoms with Crippen LogP contribution in [0.5, 0.6) is 5.88 Å². The topological polar surface area (TPSA) is 131 Å². The first-order chi connectivity index (χ1) is 14.1. The highest BCUT2D eigenvalue weighted by Gasteiger charge is 2.15. The predicted molar refractivity (Wildman–Crippen MR) is 111 cm³/mol. The van der Waals surface area contributed by atoms with Crippen LogP contribution in [0.3, 0.4) is 0 Å². The van der Waals surface area contributed by atoms with Gasteiger partial charge in [-0.15, -0.1) is 0 Å². The van der Waals surface area contributed by atoms with Crippen LogP contribution in [-0.2, 0) is 19.4 Å². The van der Waals surface area contributed by atoms with Crippen LogP contribution in [0, 0.1) is 0 Å². The third-order valence-corrected chi connectivity index (χ3v) is 5.10. The van der Waals surface area contributed by atoms with Gasteiger partial charge in [0, 0.05) is 35.2 Å². The molecule has 0 unspecified atom stereocenters. The maximum Gasteiger partial charge on any atom is 0.341 e. The number of aromatic amines is 1. The SMILES string of the molecule is CCC(=O)C(=O)c1ccc(S(C)(=O)=O)cc1.O=C(O)COc1cc2ccccc2[nH]1. The molecule has 30 heavy (non-hydrogen) atoms. The lowest BCUT2D eigenvalue weighted by atomic mass is 10.1. The number of para-hydroxylation sites is 1. The Balaban J connectivity index is 0.000000215. The van der Waals surface area contributed by atoms with Gasteiger partial charge in [0.25, 0.3) is 0 Å². The molecule has 2 aromatic carbocycles. The first-order valence-electron chi connectivity index (χ1n) is 8.91. The fourth-order valence-corrected chi connectivity index (χ4v) is 3.07. The number of ketones is 2. The van der Waals surface area contributed by atoms with E-state index in [0.29, 0.717) is 5.88 Å². The largest absolute Gasteiger partial charge is 0.479 e. The summed E-state index contributed by atoms with van der Waals surface area (Å²) < 4.78 is 27.3. The maximum absolute atomic E-state index is 11.4. The number of sulfone groups is 1. The van der Waals surface area contributed by atoms with Crippen molar-refractivity contribution in [2.75, 3.05) is 12.9 Å². The normalized spacial score (nSPS) is 10.7. The smallest absolute Gasteiger partial charge is 0.341 e. The number of hydrogen-bond acceptors (Lipinski definition) is 6. The maximum atomic E-state index is 11.4. The number of hydrogen-bond donors (Lipinski definition) is 2. The number of Topliss-reactive ketones (excluding diaryl/α,β-unsaturated/α-hetero) is 2. The Morgan fingerprint density at radius 2 is 1.67 bits per heavy atom. The summed E-state index contributed by atoms with van der Waals surface area (Å²) in [5, 5.41) is 9.42. The fourth-order valence-electron chi connectivity index (χ4n) is 2.44. The number of benzene rings is 2. The third kappa shape index (κ3) is 6.28. The van der Waals surface area contributed by atoms with Gasteiger partial charge in [0.15, 0.2) is 22.3 Å². The van der Waals surface area contributed by atoms with Gasteiger partial charge in [0.05, 0.1) is 4.90 Å². The molecule has 0 fully saturated rings. The molecule has 2 N–H and O–H groups in total. The van der Waals surface area contributed by atoms with Gasteiger partial charge < -0.3 is 14.8 Å². The summed E-state index contributed by atoms with van der Waals surface area (Å²) >= 11 is 0. The van der Waals surface area contributed by atoms with Crippen molar-refractivity contribution in [1.82, 2.24) is 4.98 Å². The van der Waals surface area contributed by atoms with Crippen LogP contribution in [0.1, 0.15) is 23.7 Å². The second kappa shape index (κ2) is 9.84. The van der Waals surface area contributed by atoms with Crippen LogP contribution in [0.4, 0.5) is 0 Å². The van der Waals surface area contributed by atoms with Gasteiger partial charge in [0.2, 0.25) is 11.6 Å². The monoisotopic (exact) mass is 431 g/mol. The fraction of sp³-hybridized carbons (Fsp3) is 0.190. The molecule has 0 atom stereocenters. The summed E-state index contributed by atoms with van der Waals surface area (Å²) in [7, 11) is -3.27. The molecule has 0 saturated heterocycles. The van der Waals surface area contributed by atoms with Crippen molar-refractivity contribution in [3.63, 3.8) is 0 Å². The number of carbonyl (C=O) groups is 3. The van der Waals surface area contributed by atoms with Crippen molar-refractivity contribution >= 4 is 38.3 Å². The van der Waals surface area contributed by atoms with E-state index in [2.05, 4.69) is 4.98 Å². The van der Waals surface area contributed by atoms with Gasteiger partial charge in [0.1, 0.15) is 0 Å². The lowest BCUT2D eigenvalue weighted by Gasteiger charge is -2.00. The number of aliphatic carboxylic acids is 1. The predicted octanol–water partition coefficient (Wildman–Crippen LogP) is 2.88. The molecule has 8 nitrogen and oxygen atoms in total. The van der Waals surface area contributed by atoms with Crippen molar-refractivity contribution in [2.45, 2.75) is 18.2 Å². The zero-order valence-corrected chi connectivity index (χ0v) is 17.2. The first kappa shape index (κ1) is 22.8. The second-order valence-electron chi connectivity index (χ2n) is 6.31. The van der Waals surface area contributed by atoms with Crippen molar-refractivity contribution in [1.29, 1.82) is 0 Å². The average Bonchev–Trinajstić information content (AvgIpc) is 3.14. The van der Waals surface area contributed by atoms with Crippen molar-refractivity contribution in [2.24, 2.45) is 0 Å². The summed E-state index contributed by atoms with van der Waals surface area (Å²) in [5.41, 5.74) is 1.16. The summed E-state index contributed by atoms with van der Waals surface area (Å²) in [6.45, 7) is 1.28. The second-order valence-corrected chi connectivity index (χ2v) is 8.32. The highest BCUT2D eigenvalue weighted by atomic mass is 32.2. The first-order valence-corrected chi connectivity index (χ1v) is 10.8. The van der Waals surface area contributed by atoms with Crippen LogP contribution in [0.15, 0.2) is 59.5 Å². The Morgan fingerprint density at radius 1 is 1.03 bits per heavy atom. The zero-order chi connectivity index (χ0) is 22.3. The Bertz CT molecular complexity index is 1130. The summed E-state index contributed by atoms with van der Waals surface area (Å²) in [4.78, 5) is 35.9. The highest BCUT2D eigenvalue weighted by molar-refractivity contribution is 7.90. The lowest BCUT2D eigenvalue weighted by molar-refractivity contribution is -0.139. The summed E-state index contributed by atoms with van der Waals surface area (Å²) in [6, 6.07) is 14.8. The van der Waals surface area contributed by atoms with E-state index in [9.17, 15) is 22.8 Å². The Kier molecular flexibility index (Phi) is 7.48. The molecule has 0 aliphatic carbocycles. The molecule has 1 heterocycles. The van der Waals surface area contributed by atoms with E-state index in [4.69, 9.17) is 9.84 Å². The Hall–Kier alpha value is -3.46. The molecule has 0 bridgehead atoms. The zero-order valence-electron chi connectivity index (χ0n) is 16.4. The molecule has 0 amide bonds. The number of nitrogens with one attached hydrogen (secondary N) is 1. The molecule has 0 saturated carbocycles. The molecule has 0 spiro atoms. The number of rotatable bonds is 7. The summed E-state index contributed by atoms with van der Waals surface area (Å²) in [5.74, 6) is -1.56. The van der Waals surface area contributed by atoms with Crippen molar-refractivity contribution in [3.05, 3.63) is 60.2 Å². The van der Waals surface area contributed by atoms with Gasteiger partial charge in [-0.2, -0.15) is 0 Å². The van der Waals surface area contributed by atoms with E-state index in [-0.39, 0.29) is 23.5 Å². The molecular weight excluding hydrogens is 410 g/mol. The van der Waals surface area contributed by atoms with E-state index in [1.807, 2.05) is 24.3 Å². The van der Waals surface area contributed by atoms with Gasteiger partial charge >= 0.3 is 5.97 Å². The molecule has 0 aliphatic heterocycles. The molecule has 158 valence electrons. The number of ether oxygens (including phenoxy) is 1. The van der Waals surface area contributed by atoms with Gasteiger partial charge in [-0.3, -0.25) is 9.59 Å². The number of carboxylic acid groups (broad SMARTS) is 1. The Labute approximate surface area is 173 Å². The third-order valence-electron chi connectivity index (χ3n) is 3.98. The average molecular weight is 431 g/mol. The Morgan fingerprint density at radius 3 is 2.20 bits per heavy atom.